The van der Waals surface area contributed by atoms with Crippen LogP contribution in [0.4, 0.5) is 10.5 Å². The number of para-hydroxylation sites is 1. The molecule has 2 aromatic carbocycles. The van der Waals surface area contributed by atoms with Crippen molar-refractivity contribution in [2.75, 3.05) is 11.9 Å². The Morgan fingerprint density at radius 3 is 2.36 bits per heavy atom. The number of hydrogen-bond acceptors (Lipinski definition) is 6. The van der Waals surface area contributed by atoms with Crippen molar-refractivity contribution in [1.29, 1.82) is 0 Å². The van der Waals surface area contributed by atoms with Crippen LogP contribution in [0.25, 0.3) is 5.70 Å². The highest BCUT2D eigenvalue weighted by atomic mass is 16.2. The summed E-state index contributed by atoms with van der Waals surface area (Å²) in [5.41, 5.74) is 3.88. The van der Waals surface area contributed by atoms with Gasteiger partial charge in [-0.05, 0) is 32.4 Å². The molecule has 3 aliphatic rings. The van der Waals surface area contributed by atoms with E-state index in [2.05, 4.69) is 0 Å². The Balaban J connectivity index is 1.64. The molecule has 33 heavy (non-hydrogen) atoms. The van der Waals surface area contributed by atoms with Gasteiger partial charge in [0.25, 0.3) is 5.91 Å². The molecule has 5 rings (SSSR count). The second-order valence-electron chi connectivity index (χ2n) is 8.59. The van der Waals surface area contributed by atoms with Gasteiger partial charge in [-0.15, -0.1) is 0 Å². The zero-order chi connectivity index (χ0) is 23.4. The lowest BCUT2D eigenvalue weighted by Gasteiger charge is -2.41. The van der Waals surface area contributed by atoms with Gasteiger partial charge in [-0.1, -0.05) is 48.5 Å². The van der Waals surface area contributed by atoms with Gasteiger partial charge in [0, 0.05) is 18.8 Å². The van der Waals surface area contributed by atoms with Crippen molar-refractivity contribution < 1.29 is 14.4 Å². The Kier molecular flexibility index (Phi) is 4.81. The second kappa shape index (κ2) is 7.58. The summed E-state index contributed by atoms with van der Waals surface area (Å²) < 4.78 is 0. The van der Waals surface area contributed by atoms with Crippen LogP contribution < -0.4 is 4.90 Å². The maximum Gasteiger partial charge on any atom is 0.328 e. The largest absolute Gasteiger partial charge is 0.328 e. The third kappa shape index (κ3) is 3.05. The summed E-state index contributed by atoms with van der Waals surface area (Å²) in [6.07, 6.45) is 1.25. The molecule has 3 atom stereocenters. The van der Waals surface area contributed by atoms with E-state index in [4.69, 9.17) is 4.99 Å². The number of nitrogens with zero attached hydrogens (tertiary/aromatic N) is 5. The molecule has 8 nitrogen and oxygen atoms in total. The number of carbonyl (C=O) groups excluding carboxylic acids is 3. The van der Waals surface area contributed by atoms with Gasteiger partial charge in [0.1, 0.15) is 0 Å². The lowest BCUT2D eigenvalue weighted by Crippen LogP contribution is -2.66. The van der Waals surface area contributed by atoms with Gasteiger partial charge < -0.3 is 4.90 Å². The number of likely N-dealkylation sites (N-methyl/N-ethyl adjacent to an activating group) is 1. The predicted molar refractivity (Wildman–Crippen MR) is 125 cm³/mol. The van der Waals surface area contributed by atoms with Gasteiger partial charge in [-0.2, -0.15) is 0 Å². The monoisotopic (exact) mass is 443 g/mol. The van der Waals surface area contributed by atoms with Crippen molar-refractivity contribution in [3.05, 3.63) is 71.9 Å². The minimum Gasteiger partial charge on any atom is -0.302 e. The third-order valence-electron chi connectivity index (χ3n) is 6.56. The normalized spacial score (nSPS) is 22.8. The van der Waals surface area contributed by atoms with Crippen molar-refractivity contribution >= 4 is 35.1 Å². The SMILES string of the molecule is CC(=O)C(C)N1C(=O)C2C(N=C3N(c4ccccc4C)C(c4ccccc4)=CN32)N(C)C1=O. The van der Waals surface area contributed by atoms with Gasteiger partial charge in [0.05, 0.1) is 17.4 Å². The summed E-state index contributed by atoms with van der Waals surface area (Å²) in [7, 11) is 1.62. The number of fused-ring (bicyclic) bond motifs is 3. The molecule has 0 N–H and O–H groups in total. The number of amides is 3. The first kappa shape index (κ1) is 20.9. The van der Waals surface area contributed by atoms with Gasteiger partial charge in [-0.25, -0.2) is 9.79 Å². The van der Waals surface area contributed by atoms with Gasteiger partial charge in [-0.3, -0.25) is 24.3 Å². The van der Waals surface area contributed by atoms with E-state index in [1.807, 2.05) is 77.5 Å². The van der Waals surface area contributed by atoms with Crippen molar-refractivity contribution in [2.24, 2.45) is 4.99 Å². The first-order valence-electron chi connectivity index (χ1n) is 10.9. The minimum absolute atomic E-state index is 0.244. The maximum absolute atomic E-state index is 13.6. The summed E-state index contributed by atoms with van der Waals surface area (Å²) in [6, 6.07) is 15.8. The number of Topliss-reactive ketones (excluding diaryl/α,β-unsaturated/α-hetero) is 1. The summed E-state index contributed by atoms with van der Waals surface area (Å²) >= 11 is 0. The molecule has 2 aromatic rings. The summed E-state index contributed by atoms with van der Waals surface area (Å²) in [4.78, 5) is 49.9. The molecule has 1 fully saturated rings. The fourth-order valence-electron chi connectivity index (χ4n) is 4.60. The Hall–Kier alpha value is -3.94. The van der Waals surface area contributed by atoms with Crippen molar-refractivity contribution in [3.8, 4) is 0 Å². The molecule has 0 spiro atoms. The molecule has 3 amide bonds. The van der Waals surface area contributed by atoms with Crippen molar-refractivity contribution in [1.82, 2.24) is 14.7 Å². The molecule has 8 heteroatoms. The van der Waals surface area contributed by atoms with Crippen molar-refractivity contribution in [3.63, 3.8) is 0 Å². The van der Waals surface area contributed by atoms with Crippen LogP contribution >= 0.6 is 0 Å². The Morgan fingerprint density at radius 2 is 1.70 bits per heavy atom. The molecule has 0 aliphatic carbocycles. The highest BCUT2D eigenvalue weighted by Gasteiger charge is 2.56. The lowest BCUT2D eigenvalue weighted by molar-refractivity contribution is -0.142. The van der Waals surface area contributed by atoms with E-state index in [1.165, 1.54) is 11.8 Å². The number of aliphatic imine (C=N–C) groups is 1. The third-order valence-corrected chi connectivity index (χ3v) is 6.56. The van der Waals surface area contributed by atoms with Crippen LogP contribution in [-0.4, -0.2) is 63.7 Å². The number of anilines is 1. The van der Waals surface area contributed by atoms with E-state index in [-0.39, 0.29) is 5.78 Å². The van der Waals surface area contributed by atoms with Gasteiger partial charge in [0.15, 0.2) is 18.0 Å². The first-order chi connectivity index (χ1) is 15.8. The molecule has 0 radical (unpaired) electrons. The van der Waals surface area contributed by atoms with Crippen molar-refractivity contribution in [2.45, 2.75) is 39.0 Å². The van der Waals surface area contributed by atoms with E-state index in [9.17, 15) is 14.4 Å². The number of aryl methyl sites for hydroxylation is 1. The van der Waals surface area contributed by atoms with Crippen LogP contribution in [0.15, 0.2) is 65.8 Å². The molecular formula is C25H25N5O3. The molecule has 168 valence electrons. The van der Waals surface area contributed by atoms with E-state index in [1.54, 1.807) is 14.0 Å². The van der Waals surface area contributed by atoms with Crippen LogP contribution in [0.5, 0.6) is 0 Å². The number of rotatable bonds is 4. The number of imide groups is 1. The topological polar surface area (TPSA) is 76.5 Å². The minimum atomic E-state index is -0.843. The van der Waals surface area contributed by atoms with Gasteiger partial charge >= 0.3 is 6.03 Å². The number of ketones is 1. The summed E-state index contributed by atoms with van der Waals surface area (Å²) in [5, 5.41) is 0. The number of benzene rings is 2. The van der Waals surface area contributed by atoms with E-state index in [0.29, 0.717) is 5.96 Å². The Bertz CT molecular complexity index is 1220. The fraction of sp³-hybridized carbons (Fsp3) is 0.280. The molecule has 0 bridgehead atoms. The molecule has 3 heterocycles. The fourth-order valence-corrected chi connectivity index (χ4v) is 4.60. The smallest absolute Gasteiger partial charge is 0.302 e. The average molecular weight is 444 g/mol. The van der Waals surface area contributed by atoms with Crippen LogP contribution in [0.3, 0.4) is 0 Å². The summed E-state index contributed by atoms with van der Waals surface area (Å²) in [6.45, 7) is 5.00. The molecule has 0 aromatic heterocycles. The maximum atomic E-state index is 13.6. The van der Waals surface area contributed by atoms with Crippen LogP contribution in [0.2, 0.25) is 0 Å². The van der Waals surface area contributed by atoms with Crippen LogP contribution in [-0.2, 0) is 9.59 Å². The average Bonchev–Trinajstić information content (AvgIpc) is 3.35. The van der Waals surface area contributed by atoms with E-state index < -0.39 is 30.2 Å². The summed E-state index contributed by atoms with van der Waals surface area (Å²) in [5.74, 6) is -0.0745. The highest BCUT2D eigenvalue weighted by Crippen LogP contribution is 2.41. The van der Waals surface area contributed by atoms with Crippen LogP contribution in [0, 0.1) is 6.92 Å². The van der Waals surface area contributed by atoms with E-state index in [0.717, 1.165) is 27.4 Å². The zero-order valence-corrected chi connectivity index (χ0v) is 19.0. The predicted octanol–water partition coefficient (Wildman–Crippen LogP) is 3.05. The van der Waals surface area contributed by atoms with Crippen LogP contribution in [0.1, 0.15) is 25.0 Å². The molecule has 3 aliphatic heterocycles. The molecule has 1 saturated heterocycles. The number of hydrogen-bond donors (Lipinski definition) is 0. The zero-order valence-electron chi connectivity index (χ0n) is 19.0. The number of guanidine groups is 1. The molecule has 0 saturated carbocycles. The lowest BCUT2D eigenvalue weighted by atomic mass is 10.1. The van der Waals surface area contributed by atoms with E-state index >= 15 is 0 Å². The second-order valence-corrected chi connectivity index (χ2v) is 8.59. The van der Waals surface area contributed by atoms with Gasteiger partial charge in [0.2, 0.25) is 5.96 Å². The molecular weight excluding hydrogens is 418 g/mol. The number of carbonyl (C=O) groups is 3. The first-order valence-corrected chi connectivity index (χ1v) is 10.9. The Labute approximate surface area is 192 Å². The quantitative estimate of drug-likeness (QED) is 0.726. The Morgan fingerprint density at radius 1 is 1.03 bits per heavy atom. The highest BCUT2D eigenvalue weighted by molar-refractivity contribution is 6.16. The number of urea groups is 1. The molecule has 3 unspecified atom stereocenters. The standard InChI is InChI=1S/C25H25N5O3/c1-15-10-8-9-13-19(15)30-20(18-11-6-5-7-12-18)14-28-21-22(26-24(28)30)27(4)25(33)29(23(21)32)16(2)17(3)31/h5-14,16,21-22H,1-4H3.